The van der Waals surface area contributed by atoms with Crippen LogP contribution >= 0.6 is 15.9 Å². The Labute approximate surface area is 130 Å². The molecule has 0 saturated carbocycles. The van der Waals surface area contributed by atoms with Crippen molar-refractivity contribution in [1.29, 1.82) is 0 Å². The molecule has 3 unspecified atom stereocenters. The Morgan fingerprint density at radius 3 is 2.65 bits per heavy atom. The van der Waals surface area contributed by atoms with E-state index >= 15 is 0 Å². The van der Waals surface area contributed by atoms with Gasteiger partial charge in [-0.3, -0.25) is 4.79 Å². The van der Waals surface area contributed by atoms with Crippen LogP contribution in [0.5, 0.6) is 0 Å². The van der Waals surface area contributed by atoms with E-state index in [1.54, 1.807) is 6.08 Å². The van der Waals surface area contributed by atoms with Gasteiger partial charge in [-0.25, -0.2) is 0 Å². The summed E-state index contributed by atoms with van der Waals surface area (Å²) >= 11 is 3.39. The molecule has 1 aliphatic carbocycles. The Morgan fingerprint density at radius 1 is 1.50 bits per heavy atom. The fraction of sp³-hybridized carbons (Fsp3) is 0.688. The summed E-state index contributed by atoms with van der Waals surface area (Å²) in [6.45, 7) is 6.22. The van der Waals surface area contributed by atoms with E-state index in [0.717, 1.165) is 35.7 Å². The first-order valence-electron chi connectivity index (χ1n) is 7.45. The maximum atomic E-state index is 11.6. The zero-order chi connectivity index (χ0) is 15.3. The molecule has 114 valence electrons. The van der Waals surface area contributed by atoms with Gasteiger partial charge in [-0.05, 0) is 25.3 Å². The lowest BCUT2D eigenvalue weighted by Gasteiger charge is -2.43. The van der Waals surface area contributed by atoms with Crippen molar-refractivity contribution in [3.63, 3.8) is 0 Å². The van der Waals surface area contributed by atoms with Crippen LogP contribution in [0.25, 0.3) is 0 Å². The van der Waals surface area contributed by atoms with E-state index in [4.69, 9.17) is 5.73 Å². The Morgan fingerprint density at radius 2 is 2.15 bits per heavy atom. The van der Waals surface area contributed by atoms with Crippen LogP contribution in [0.15, 0.2) is 22.2 Å². The van der Waals surface area contributed by atoms with Crippen LogP contribution in [0.3, 0.4) is 0 Å². The van der Waals surface area contributed by atoms with Gasteiger partial charge in [0.1, 0.15) is 0 Å². The third-order valence-corrected chi connectivity index (χ3v) is 4.96. The average Bonchev–Trinajstić information content (AvgIpc) is 2.38. The van der Waals surface area contributed by atoms with Gasteiger partial charge < -0.3 is 10.8 Å². The molecular weight excluding hydrogens is 318 g/mol. The summed E-state index contributed by atoms with van der Waals surface area (Å²) < 4.78 is 0.812. The van der Waals surface area contributed by atoms with Gasteiger partial charge in [0.05, 0.1) is 11.5 Å². The Kier molecular flexibility index (Phi) is 6.46. The van der Waals surface area contributed by atoms with Gasteiger partial charge in [0, 0.05) is 4.48 Å². The minimum absolute atomic E-state index is 0.197. The monoisotopic (exact) mass is 343 g/mol. The molecular formula is C16H26BrNO2. The largest absolute Gasteiger partial charge is 0.481 e. The molecule has 0 saturated heterocycles. The van der Waals surface area contributed by atoms with Crippen molar-refractivity contribution in [2.45, 2.75) is 58.4 Å². The van der Waals surface area contributed by atoms with Crippen LogP contribution in [0.1, 0.15) is 52.9 Å². The molecule has 0 aromatic rings. The summed E-state index contributed by atoms with van der Waals surface area (Å²) in [4.78, 5) is 11.6. The van der Waals surface area contributed by atoms with Gasteiger partial charge >= 0.3 is 5.97 Å². The topological polar surface area (TPSA) is 63.3 Å². The first kappa shape index (κ1) is 17.4. The first-order chi connectivity index (χ1) is 9.37. The maximum absolute atomic E-state index is 11.6. The van der Waals surface area contributed by atoms with Crippen molar-refractivity contribution in [3.05, 3.63) is 22.2 Å². The number of allylic oxidation sites excluding steroid dienone is 2. The maximum Gasteiger partial charge on any atom is 0.312 e. The first-order valence-corrected chi connectivity index (χ1v) is 8.24. The zero-order valence-electron chi connectivity index (χ0n) is 12.7. The van der Waals surface area contributed by atoms with Crippen LogP contribution in [-0.2, 0) is 4.79 Å². The highest BCUT2D eigenvalue weighted by Gasteiger charge is 2.46. The van der Waals surface area contributed by atoms with Crippen LogP contribution < -0.4 is 5.73 Å². The van der Waals surface area contributed by atoms with Crippen molar-refractivity contribution in [2.24, 2.45) is 17.6 Å². The molecule has 4 heteroatoms. The molecule has 1 rings (SSSR count). The lowest BCUT2D eigenvalue weighted by atomic mass is 9.65. The van der Waals surface area contributed by atoms with Crippen LogP contribution in [0, 0.1) is 11.8 Å². The molecule has 1 aliphatic rings. The third kappa shape index (κ3) is 3.53. The molecule has 20 heavy (non-hydrogen) atoms. The number of nitrogens with two attached hydrogens (primary N) is 1. The van der Waals surface area contributed by atoms with E-state index in [2.05, 4.69) is 29.8 Å². The highest BCUT2D eigenvalue weighted by atomic mass is 79.9. The Bertz CT molecular complexity index is 417. The van der Waals surface area contributed by atoms with Crippen LogP contribution in [0.4, 0.5) is 0 Å². The van der Waals surface area contributed by atoms with Crippen LogP contribution in [-0.4, -0.2) is 16.6 Å². The standard InChI is InChI=1S/C16H26BrNO2/c1-4-6-7-8-12(5-2)16(18)11(3)9-13(17)10-14(16)15(19)20/h9-10,12,14H,4-8,18H2,1-3H3,(H,19,20). The Balaban J connectivity index is 3.06. The van der Waals surface area contributed by atoms with E-state index in [-0.39, 0.29) is 5.92 Å². The van der Waals surface area contributed by atoms with Gasteiger partial charge in [-0.2, -0.15) is 0 Å². The molecule has 0 amide bonds. The highest BCUT2D eigenvalue weighted by molar-refractivity contribution is 9.11. The van der Waals surface area contributed by atoms with E-state index in [1.165, 1.54) is 6.42 Å². The average molecular weight is 344 g/mol. The summed E-state index contributed by atoms with van der Waals surface area (Å²) in [7, 11) is 0. The lowest BCUT2D eigenvalue weighted by molar-refractivity contribution is -0.142. The van der Waals surface area contributed by atoms with E-state index < -0.39 is 17.4 Å². The molecule has 0 heterocycles. The number of halogens is 1. The molecule has 3 N–H and O–H groups in total. The summed E-state index contributed by atoms with van der Waals surface area (Å²) in [6.07, 6.45) is 9.03. The van der Waals surface area contributed by atoms with Crippen molar-refractivity contribution >= 4 is 21.9 Å². The summed E-state index contributed by atoms with van der Waals surface area (Å²) in [6, 6.07) is 0. The number of hydrogen-bond donors (Lipinski definition) is 2. The fourth-order valence-electron chi connectivity index (χ4n) is 3.20. The molecule has 0 bridgehead atoms. The molecule has 3 atom stereocenters. The quantitative estimate of drug-likeness (QED) is 0.680. The highest BCUT2D eigenvalue weighted by Crippen LogP contribution is 2.41. The van der Waals surface area contributed by atoms with Crippen molar-refractivity contribution in [1.82, 2.24) is 0 Å². The van der Waals surface area contributed by atoms with E-state index in [0.29, 0.717) is 0 Å². The Hall–Kier alpha value is -0.610. The summed E-state index contributed by atoms with van der Waals surface area (Å²) in [5, 5.41) is 9.55. The predicted octanol–water partition coefficient (Wildman–Crippen LogP) is 4.23. The predicted molar refractivity (Wildman–Crippen MR) is 86.7 cm³/mol. The minimum atomic E-state index is -0.842. The number of unbranched alkanes of at least 4 members (excludes halogenated alkanes) is 2. The summed E-state index contributed by atoms with van der Waals surface area (Å²) in [5.41, 5.74) is 6.82. The van der Waals surface area contributed by atoms with Crippen molar-refractivity contribution < 1.29 is 9.90 Å². The van der Waals surface area contributed by atoms with Gasteiger partial charge in [-0.15, -0.1) is 0 Å². The third-order valence-electron chi connectivity index (χ3n) is 4.47. The SMILES string of the molecule is CCCCCC(CC)C1(N)C(C)=CC(Br)=CC1C(=O)O. The fourth-order valence-corrected chi connectivity index (χ4v) is 3.80. The number of carboxylic acids is 1. The molecule has 0 fully saturated rings. The van der Waals surface area contributed by atoms with Gasteiger partial charge in [0.2, 0.25) is 0 Å². The smallest absolute Gasteiger partial charge is 0.312 e. The van der Waals surface area contributed by atoms with Gasteiger partial charge in [0.15, 0.2) is 0 Å². The number of carbonyl (C=O) groups is 1. The molecule has 0 aromatic heterocycles. The van der Waals surface area contributed by atoms with E-state index in [1.807, 2.05) is 13.0 Å². The molecule has 0 aromatic carbocycles. The van der Waals surface area contributed by atoms with Gasteiger partial charge in [0.25, 0.3) is 0 Å². The second-order valence-electron chi connectivity index (χ2n) is 5.73. The number of aliphatic carboxylic acids is 1. The van der Waals surface area contributed by atoms with Crippen LogP contribution in [0.2, 0.25) is 0 Å². The number of hydrogen-bond acceptors (Lipinski definition) is 2. The molecule has 0 aliphatic heterocycles. The minimum Gasteiger partial charge on any atom is -0.481 e. The summed E-state index contributed by atoms with van der Waals surface area (Å²) in [5.74, 6) is -1.30. The second-order valence-corrected chi connectivity index (χ2v) is 6.64. The van der Waals surface area contributed by atoms with E-state index in [9.17, 15) is 9.90 Å². The normalized spacial score (nSPS) is 27.8. The number of carboxylic acid groups (broad SMARTS) is 1. The van der Waals surface area contributed by atoms with Gasteiger partial charge in [-0.1, -0.05) is 67.1 Å². The zero-order valence-corrected chi connectivity index (χ0v) is 14.2. The number of rotatable bonds is 7. The molecule has 0 radical (unpaired) electrons. The lowest BCUT2D eigenvalue weighted by Crippen LogP contribution is -2.57. The van der Waals surface area contributed by atoms with Crippen molar-refractivity contribution in [3.8, 4) is 0 Å². The van der Waals surface area contributed by atoms with Crippen molar-refractivity contribution in [2.75, 3.05) is 0 Å². The second kappa shape index (κ2) is 7.41. The molecule has 3 nitrogen and oxygen atoms in total. The molecule has 0 spiro atoms.